The molecule has 0 aliphatic carbocycles. The number of hydrogen-bond donors (Lipinski definition) is 0. The van der Waals surface area contributed by atoms with Gasteiger partial charge in [0.2, 0.25) is 0 Å². The Hall–Kier alpha value is -2.11. The van der Waals surface area contributed by atoms with Crippen LogP contribution in [0.1, 0.15) is 5.56 Å². The number of rotatable bonds is 5. The second-order valence-electron chi connectivity index (χ2n) is 6.23. The molecule has 1 aromatic heterocycles. The average Bonchev–Trinajstić information content (AvgIpc) is 2.63. The minimum atomic E-state index is 0.736. The van der Waals surface area contributed by atoms with Crippen molar-refractivity contribution in [1.82, 2.24) is 14.8 Å². The van der Waals surface area contributed by atoms with Crippen LogP contribution in [-0.4, -0.2) is 62.2 Å². The lowest BCUT2D eigenvalue weighted by Crippen LogP contribution is -2.43. The fraction of sp³-hybridized carbons (Fsp3) is 0.421. The number of piperazine rings is 1. The van der Waals surface area contributed by atoms with Crippen LogP contribution in [0.3, 0.4) is 0 Å². The molecule has 3 rings (SSSR count). The Balaban J connectivity index is 1.77. The molecule has 2 aromatic rings. The second-order valence-corrected chi connectivity index (χ2v) is 6.23. The number of nitrogens with zero attached hydrogens (tertiary/aromatic N) is 3. The van der Waals surface area contributed by atoms with Crippen LogP contribution in [0.4, 0.5) is 0 Å². The first kappa shape index (κ1) is 16.7. The maximum absolute atomic E-state index is 5.40. The highest BCUT2D eigenvalue weighted by molar-refractivity contribution is 5.67. The summed E-state index contributed by atoms with van der Waals surface area (Å²) in [5, 5.41) is 0. The van der Waals surface area contributed by atoms with Crippen molar-refractivity contribution >= 4 is 0 Å². The van der Waals surface area contributed by atoms with E-state index < -0.39 is 0 Å². The first-order valence-corrected chi connectivity index (χ1v) is 8.27. The van der Waals surface area contributed by atoms with Gasteiger partial charge in [0, 0.05) is 50.7 Å². The highest BCUT2D eigenvalue weighted by Gasteiger charge is 2.14. The van der Waals surface area contributed by atoms with Crippen LogP contribution in [0, 0.1) is 0 Å². The Labute approximate surface area is 143 Å². The molecule has 0 radical (unpaired) electrons. The molecule has 2 heterocycles. The maximum atomic E-state index is 5.40. The summed E-state index contributed by atoms with van der Waals surface area (Å²) < 4.78 is 10.7. The summed E-state index contributed by atoms with van der Waals surface area (Å²) >= 11 is 0. The summed E-state index contributed by atoms with van der Waals surface area (Å²) in [4.78, 5) is 9.28. The summed E-state index contributed by atoms with van der Waals surface area (Å²) in [5.41, 5.74) is 3.43. The minimum absolute atomic E-state index is 0.736. The van der Waals surface area contributed by atoms with Gasteiger partial charge in [-0.25, -0.2) is 0 Å². The van der Waals surface area contributed by atoms with Crippen LogP contribution in [0.5, 0.6) is 11.5 Å². The molecule has 0 N–H and O–H groups in total. The predicted molar refractivity (Wildman–Crippen MR) is 95.6 cm³/mol. The van der Waals surface area contributed by atoms with E-state index in [4.69, 9.17) is 9.47 Å². The molecule has 1 aromatic carbocycles. The molecule has 24 heavy (non-hydrogen) atoms. The smallest absolute Gasteiger partial charge is 0.161 e. The van der Waals surface area contributed by atoms with E-state index in [0.29, 0.717) is 0 Å². The highest BCUT2D eigenvalue weighted by atomic mass is 16.5. The third-order valence-corrected chi connectivity index (χ3v) is 4.51. The molecular weight excluding hydrogens is 302 g/mol. The lowest BCUT2D eigenvalue weighted by molar-refractivity contribution is 0.148. The molecule has 0 atom stereocenters. The van der Waals surface area contributed by atoms with Crippen molar-refractivity contribution in [3.63, 3.8) is 0 Å². The zero-order valence-electron chi connectivity index (χ0n) is 14.7. The molecule has 0 spiro atoms. The fourth-order valence-corrected chi connectivity index (χ4v) is 3.01. The first-order valence-electron chi connectivity index (χ1n) is 8.27. The first-order chi connectivity index (χ1) is 11.7. The number of ether oxygens (including phenoxy) is 2. The number of methoxy groups -OCH3 is 2. The van der Waals surface area contributed by atoms with E-state index >= 15 is 0 Å². The standard InChI is InChI=1S/C19H25N3O2/c1-21-6-8-22(9-7-21)14-15-10-17(13-20-12-15)16-4-5-18(23-2)19(11-16)24-3/h4-5,10-13H,6-9,14H2,1-3H3. The number of likely N-dealkylation sites (N-methyl/N-ethyl adjacent to an activating group) is 1. The van der Waals surface area contributed by atoms with Gasteiger partial charge >= 0.3 is 0 Å². The number of hydrogen-bond acceptors (Lipinski definition) is 5. The molecule has 1 fully saturated rings. The highest BCUT2D eigenvalue weighted by Crippen LogP contribution is 2.32. The van der Waals surface area contributed by atoms with Crippen molar-refractivity contribution in [2.75, 3.05) is 47.4 Å². The van der Waals surface area contributed by atoms with E-state index in [1.807, 2.05) is 30.6 Å². The topological polar surface area (TPSA) is 37.8 Å². The SMILES string of the molecule is COc1ccc(-c2cncc(CN3CCN(C)CC3)c2)cc1OC. The van der Waals surface area contributed by atoms with E-state index in [2.05, 4.69) is 27.9 Å². The van der Waals surface area contributed by atoms with Gasteiger partial charge in [-0.3, -0.25) is 9.88 Å². The third kappa shape index (κ3) is 3.86. The third-order valence-electron chi connectivity index (χ3n) is 4.51. The van der Waals surface area contributed by atoms with Crippen molar-refractivity contribution < 1.29 is 9.47 Å². The summed E-state index contributed by atoms with van der Waals surface area (Å²) in [5.74, 6) is 1.47. The van der Waals surface area contributed by atoms with Crippen LogP contribution in [0.25, 0.3) is 11.1 Å². The Morgan fingerprint density at radius 3 is 2.38 bits per heavy atom. The summed E-state index contributed by atoms with van der Waals surface area (Å²) in [7, 11) is 5.48. The largest absolute Gasteiger partial charge is 0.493 e. The second kappa shape index (κ2) is 7.64. The molecule has 0 saturated carbocycles. The van der Waals surface area contributed by atoms with Gasteiger partial charge < -0.3 is 14.4 Å². The van der Waals surface area contributed by atoms with Gasteiger partial charge in [0.15, 0.2) is 11.5 Å². The average molecular weight is 327 g/mol. The van der Waals surface area contributed by atoms with E-state index in [9.17, 15) is 0 Å². The van der Waals surface area contributed by atoms with Gasteiger partial charge in [-0.2, -0.15) is 0 Å². The normalized spacial score (nSPS) is 16.1. The number of aromatic nitrogens is 1. The fourth-order valence-electron chi connectivity index (χ4n) is 3.01. The van der Waals surface area contributed by atoms with Crippen molar-refractivity contribution in [1.29, 1.82) is 0 Å². The number of pyridine rings is 1. The van der Waals surface area contributed by atoms with Crippen LogP contribution in [-0.2, 0) is 6.54 Å². The van der Waals surface area contributed by atoms with Gasteiger partial charge in [-0.05, 0) is 36.4 Å². The summed E-state index contributed by atoms with van der Waals surface area (Å²) in [6.45, 7) is 5.42. The summed E-state index contributed by atoms with van der Waals surface area (Å²) in [6, 6.07) is 8.18. The van der Waals surface area contributed by atoms with Crippen LogP contribution in [0.2, 0.25) is 0 Å². The van der Waals surface area contributed by atoms with E-state index in [-0.39, 0.29) is 0 Å². The molecule has 128 valence electrons. The van der Waals surface area contributed by atoms with Gasteiger partial charge in [0.05, 0.1) is 14.2 Å². The molecular formula is C19H25N3O2. The molecule has 0 bridgehead atoms. The van der Waals surface area contributed by atoms with Gasteiger partial charge in [0.25, 0.3) is 0 Å². The van der Waals surface area contributed by atoms with E-state index in [0.717, 1.165) is 55.3 Å². The Morgan fingerprint density at radius 2 is 1.67 bits per heavy atom. The summed E-state index contributed by atoms with van der Waals surface area (Å²) in [6.07, 6.45) is 3.86. The molecule has 1 aliphatic rings. The van der Waals surface area contributed by atoms with Gasteiger partial charge in [-0.1, -0.05) is 6.07 Å². The Bertz CT molecular complexity index is 682. The molecule has 5 heteroatoms. The zero-order valence-corrected chi connectivity index (χ0v) is 14.7. The van der Waals surface area contributed by atoms with Crippen molar-refractivity contribution in [2.24, 2.45) is 0 Å². The zero-order chi connectivity index (χ0) is 16.9. The molecule has 0 unspecified atom stereocenters. The van der Waals surface area contributed by atoms with Gasteiger partial charge in [-0.15, -0.1) is 0 Å². The molecule has 5 nitrogen and oxygen atoms in total. The van der Waals surface area contributed by atoms with Crippen LogP contribution in [0.15, 0.2) is 36.7 Å². The van der Waals surface area contributed by atoms with Gasteiger partial charge in [0.1, 0.15) is 0 Å². The quantitative estimate of drug-likeness (QED) is 0.844. The lowest BCUT2D eigenvalue weighted by Gasteiger charge is -2.32. The Kier molecular flexibility index (Phi) is 5.33. The van der Waals surface area contributed by atoms with E-state index in [1.165, 1.54) is 5.56 Å². The van der Waals surface area contributed by atoms with Crippen molar-refractivity contribution in [2.45, 2.75) is 6.54 Å². The monoisotopic (exact) mass is 327 g/mol. The van der Waals surface area contributed by atoms with E-state index in [1.54, 1.807) is 14.2 Å². The van der Waals surface area contributed by atoms with Crippen molar-refractivity contribution in [3.05, 3.63) is 42.2 Å². The molecule has 0 amide bonds. The minimum Gasteiger partial charge on any atom is -0.493 e. The van der Waals surface area contributed by atoms with Crippen LogP contribution < -0.4 is 9.47 Å². The predicted octanol–water partition coefficient (Wildman–Crippen LogP) is 2.51. The molecule has 1 aliphatic heterocycles. The lowest BCUT2D eigenvalue weighted by atomic mass is 10.0. The Morgan fingerprint density at radius 1 is 0.917 bits per heavy atom. The van der Waals surface area contributed by atoms with Crippen molar-refractivity contribution in [3.8, 4) is 22.6 Å². The molecule has 1 saturated heterocycles. The maximum Gasteiger partial charge on any atom is 0.161 e. The number of benzene rings is 1. The van der Waals surface area contributed by atoms with Crippen LogP contribution >= 0.6 is 0 Å².